The summed E-state index contributed by atoms with van der Waals surface area (Å²) in [4.78, 5) is 10.6. The summed E-state index contributed by atoms with van der Waals surface area (Å²) in [6.07, 6.45) is 0.0709. The third-order valence-electron chi connectivity index (χ3n) is 3.05. The van der Waals surface area contributed by atoms with Crippen molar-refractivity contribution in [2.24, 2.45) is 0 Å². The number of carboxylic acids is 1. The Balaban J connectivity index is 2.20. The van der Waals surface area contributed by atoms with Crippen molar-refractivity contribution >= 4 is 5.97 Å². The molecule has 2 aromatic carbocycles. The fourth-order valence-electron chi connectivity index (χ4n) is 2.06. The first-order valence-electron chi connectivity index (χ1n) is 6.46. The zero-order chi connectivity index (χ0) is 14.4. The van der Waals surface area contributed by atoms with E-state index in [0.29, 0.717) is 6.54 Å². The molecule has 0 amide bonds. The summed E-state index contributed by atoms with van der Waals surface area (Å²) in [6, 6.07) is 16.7. The van der Waals surface area contributed by atoms with Crippen molar-refractivity contribution in [1.82, 2.24) is 5.32 Å². The highest BCUT2D eigenvalue weighted by atomic mass is 16.4. The number of hydrogen-bond donors (Lipinski definition) is 3. The van der Waals surface area contributed by atoms with Crippen LogP contribution in [0, 0.1) is 0 Å². The molecule has 0 saturated carbocycles. The van der Waals surface area contributed by atoms with Crippen LogP contribution in [0.4, 0.5) is 0 Å². The summed E-state index contributed by atoms with van der Waals surface area (Å²) < 4.78 is 0. The maximum atomic E-state index is 10.6. The van der Waals surface area contributed by atoms with E-state index in [2.05, 4.69) is 5.32 Å². The summed E-state index contributed by atoms with van der Waals surface area (Å²) in [5, 5.41) is 21.3. The van der Waals surface area contributed by atoms with Gasteiger partial charge in [-0.25, -0.2) is 0 Å². The third kappa shape index (κ3) is 3.83. The second-order valence-electron chi connectivity index (χ2n) is 4.53. The highest BCUT2D eigenvalue weighted by Gasteiger charge is 2.13. The van der Waals surface area contributed by atoms with Crippen molar-refractivity contribution < 1.29 is 15.0 Å². The molecule has 0 radical (unpaired) electrons. The molecule has 2 rings (SSSR count). The summed E-state index contributed by atoms with van der Waals surface area (Å²) >= 11 is 0. The summed E-state index contributed by atoms with van der Waals surface area (Å²) in [5.41, 5.74) is 2.04. The van der Waals surface area contributed by atoms with Crippen LogP contribution in [0.2, 0.25) is 0 Å². The van der Waals surface area contributed by atoms with Crippen LogP contribution >= 0.6 is 0 Å². The van der Waals surface area contributed by atoms with E-state index in [1.165, 1.54) is 0 Å². The zero-order valence-electron chi connectivity index (χ0n) is 11.0. The average molecular weight is 271 g/mol. The molecule has 0 aromatic heterocycles. The number of aromatic hydroxyl groups is 1. The second-order valence-corrected chi connectivity index (χ2v) is 4.53. The van der Waals surface area contributed by atoms with Gasteiger partial charge in [-0.2, -0.15) is 0 Å². The first kappa shape index (κ1) is 14.1. The van der Waals surface area contributed by atoms with Gasteiger partial charge in [0.15, 0.2) is 0 Å². The maximum absolute atomic E-state index is 10.6. The molecule has 3 N–H and O–H groups in total. The maximum Gasteiger partial charge on any atom is 0.304 e. The van der Waals surface area contributed by atoms with Gasteiger partial charge in [0.2, 0.25) is 0 Å². The van der Waals surface area contributed by atoms with Gasteiger partial charge in [-0.15, -0.1) is 0 Å². The molecule has 0 bridgehead atoms. The number of rotatable bonds is 6. The van der Waals surface area contributed by atoms with Gasteiger partial charge in [0, 0.05) is 6.54 Å². The first-order valence-corrected chi connectivity index (χ1v) is 6.46. The lowest BCUT2D eigenvalue weighted by atomic mass is 9.98. The molecule has 104 valence electrons. The van der Waals surface area contributed by atoms with Gasteiger partial charge < -0.3 is 15.5 Å². The molecule has 2 aromatic rings. The Morgan fingerprint density at radius 3 is 2.20 bits per heavy atom. The third-order valence-corrected chi connectivity index (χ3v) is 3.05. The Morgan fingerprint density at radius 2 is 1.60 bits per heavy atom. The molecule has 20 heavy (non-hydrogen) atoms. The van der Waals surface area contributed by atoms with E-state index in [9.17, 15) is 9.90 Å². The predicted octanol–water partition coefficient (Wildman–Crippen LogP) is 2.55. The number of carboxylic acid groups (broad SMARTS) is 1. The summed E-state index contributed by atoms with van der Waals surface area (Å²) in [6.45, 7) is 0.385. The van der Waals surface area contributed by atoms with Crippen LogP contribution in [0.25, 0.3) is 0 Å². The van der Waals surface area contributed by atoms with Gasteiger partial charge in [0.25, 0.3) is 0 Å². The summed E-state index contributed by atoms with van der Waals surface area (Å²) in [5.74, 6) is -0.610. The minimum Gasteiger partial charge on any atom is -0.508 e. The molecule has 1 unspecified atom stereocenters. The average Bonchev–Trinajstić information content (AvgIpc) is 2.46. The minimum atomic E-state index is -0.824. The Morgan fingerprint density at radius 1 is 1.00 bits per heavy atom. The van der Waals surface area contributed by atoms with Gasteiger partial charge in [-0.05, 0) is 23.3 Å². The van der Waals surface area contributed by atoms with E-state index >= 15 is 0 Å². The van der Waals surface area contributed by atoms with Gasteiger partial charge in [-0.1, -0.05) is 42.5 Å². The normalized spacial score (nSPS) is 12.0. The molecule has 0 spiro atoms. The molecule has 0 saturated heterocycles. The monoisotopic (exact) mass is 271 g/mol. The number of nitrogens with one attached hydrogen (secondary N) is 1. The van der Waals surface area contributed by atoms with E-state index < -0.39 is 5.97 Å². The molecular formula is C16H17NO3. The predicted molar refractivity (Wildman–Crippen MR) is 76.6 cm³/mol. The Labute approximate surface area is 117 Å². The molecule has 0 fully saturated rings. The van der Waals surface area contributed by atoms with Gasteiger partial charge >= 0.3 is 5.97 Å². The number of benzene rings is 2. The quantitative estimate of drug-likeness (QED) is 0.755. The van der Waals surface area contributed by atoms with Crippen LogP contribution in [0.3, 0.4) is 0 Å². The Bertz CT molecular complexity index is 552. The number of hydrogen-bond acceptors (Lipinski definition) is 3. The van der Waals surface area contributed by atoms with Crippen LogP contribution in [0.5, 0.6) is 5.75 Å². The summed E-state index contributed by atoms with van der Waals surface area (Å²) in [7, 11) is 0. The number of phenolic OH excluding ortho intramolecular Hbond substituents is 1. The standard InChI is InChI=1S/C16H17NO3/c18-14-8-6-13(7-9-14)16(17-11-10-15(19)20)12-4-2-1-3-5-12/h1-9,16-18H,10-11H2,(H,19,20). The molecule has 0 aliphatic carbocycles. The van der Waals surface area contributed by atoms with Crippen LogP contribution < -0.4 is 5.32 Å². The topological polar surface area (TPSA) is 69.6 Å². The van der Waals surface area contributed by atoms with Crippen molar-refractivity contribution in [3.8, 4) is 5.75 Å². The zero-order valence-corrected chi connectivity index (χ0v) is 11.0. The molecule has 0 aliphatic heterocycles. The lowest BCUT2D eigenvalue weighted by Crippen LogP contribution is -2.25. The lowest BCUT2D eigenvalue weighted by Gasteiger charge is -2.19. The first-order chi connectivity index (χ1) is 9.66. The van der Waals surface area contributed by atoms with Crippen LogP contribution in [0.15, 0.2) is 54.6 Å². The van der Waals surface area contributed by atoms with Crippen molar-refractivity contribution in [3.05, 3.63) is 65.7 Å². The second kappa shape index (κ2) is 6.73. The van der Waals surface area contributed by atoms with Crippen molar-refractivity contribution in [2.45, 2.75) is 12.5 Å². The highest BCUT2D eigenvalue weighted by molar-refractivity contribution is 5.66. The molecular weight excluding hydrogens is 254 g/mol. The van der Waals surface area contributed by atoms with Crippen molar-refractivity contribution in [1.29, 1.82) is 0 Å². The molecule has 1 atom stereocenters. The Hall–Kier alpha value is -2.33. The number of aliphatic carboxylic acids is 1. The van der Waals surface area contributed by atoms with E-state index in [1.54, 1.807) is 12.1 Å². The van der Waals surface area contributed by atoms with Crippen LogP contribution in [-0.4, -0.2) is 22.7 Å². The molecule has 4 heteroatoms. The molecule has 0 aliphatic rings. The van der Waals surface area contributed by atoms with Crippen molar-refractivity contribution in [2.75, 3.05) is 6.54 Å². The minimum absolute atomic E-state index is 0.0709. The fraction of sp³-hybridized carbons (Fsp3) is 0.188. The lowest BCUT2D eigenvalue weighted by molar-refractivity contribution is -0.136. The van der Waals surface area contributed by atoms with E-state index in [4.69, 9.17) is 5.11 Å². The van der Waals surface area contributed by atoms with Crippen LogP contribution in [0.1, 0.15) is 23.6 Å². The largest absolute Gasteiger partial charge is 0.508 e. The molecule has 4 nitrogen and oxygen atoms in total. The van der Waals surface area contributed by atoms with Gasteiger partial charge in [0.05, 0.1) is 12.5 Å². The van der Waals surface area contributed by atoms with E-state index in [0.717, 1.165) is 11.1 Å². The highest BCUT2D eigenvalue weighted by Crippen LogP contribution is 2.23. The Kier molecular flexibility index (Phi) is 4.74. The van der Waals surface area contributed by atoms with E-state index in [-0.39, 0.29) is 18.2 Å². The van der Waals surface area contributed by atoms with Crippen molar-refractivity contribution in [3.63, 3.8) is 0 Å². The fourth-order valence-corrected chi connectivity index (χ4v) is 2.06. The molecule has 0 heterocycles. The smallest absolute Gasteiger partial charge is 0.304 e. The van der Waals surface area contributed by atoms with Crippen LogP contribution in [-0.2, 0) is 4.79 Å². The van der Waals surface area contributed by atoms with Gasteiger partial charge in [-0.3, -0.25) is 4.79 Å². The SMILES string of the molecule is O=C(O)CCNC(c1ccccc1)c1ccc(O)cc1. The van der Waals surface area contributed by atoms with Gasteiger partial charge in [0.1, 0.15) is 5.75 Å². The van der Waals surface area contributed by atoms with E-state index in [1.807, 2.05) is 42.5 Å². The number of carbonyl (C=O) groups is 1. The number of phenols is 1.